The van der Waals surface area contributed by atoms with Crippen molar-refractivity contribution in [2.24, 2.45) is 22.7 Å². The highest BCUT2D eigenvalue weighted by Gasteiger charge is 2.62. The molecule has 1 unspecified atom stereocenters. The summed E-state index contributed by atoms with van der Waals surface area (Å²) in [6, 6.07) is -1.10. The maximum absolute atomic E-state index is 13.9. The van der Waals surface area contributed by atoms with E-state index in [1.54, 1.807) is 16.7 Å². The molecule has 1 spiro atoms. The van der Waals surface area contributed by atoms with Gasteiger partial charge in [-0.1, -0.05) is 33.1 Å². The fourth-order valence-electron chi connectivity index (χ4n) is 6.91. The topological polar surface area (TPSA) is 138 Å². The van der Waals surface area contributed by atoms with Gasteiger partial charge >= 0.3 is 0 Å². The van der Waals surface area contributed by atoms with Crippen LogP contribution in [-0.2, 0) is 14.4 Å². The molecule has 41 heavy (non-hydrogen) atoms. The lowest BCUT2D eigenvalue weighted by molar-refractivity contribution is -0.152. The van der Waals surface area contributed by atoms with E-state index < -0.39 is 23.3 Å². The van der Waals surface area contributed by atoms with Gasteiger partial charge in [0.15, 0.2) is 6.04 Å². The number of likely N-dealkylation sites (N-methyl/N-ethyl adjacent to an activating group) is 1. The summed E-state index contributed by atoms with van der Waals surface area (Å²) in [7, 11) is 1.51. The van der Waals surface area contributed by atoms with Crippen LogP contribution in [0, 0.1) is 22.7 Å². The van der Waals surface area contributed by atoms with E-state index in [0.29, 0.717) is 30.4 Å². The fraction of sp³-hybridized carbons (Fsp3) is 0.655. The number of nitrogens with zero attached hydrogens (tertiary/aromatic N) is 4. The first-order valence-electron chi connectivity index (χ1n) is 14.6. The van der Waals surface area contributed by atoms with E-state index in [1.165, 1.54) is 31.0 Å². The van der Waals surface area contributed by atoms with E-state index in [-0.39, 0.29) is 41.5 Å². The third-order valence-electron chi connectivity index (χ3n) is 9.63. The van der Waals surface area contributed by atoms with Crippen molar-refractivity contribution in [3.8, 4) is 0 Å². The third kappa shape index (κ3) is 5.15. The minimum absolute atomic E-state index is 0.00414. The summed E-state index contributed by atoms with van der Waals surface area (Å²) in [4.78, 5) is 65.9. The highest BCUT2D eigenvalue weighted by atomic mass is 32.1. The van der Waals surface area contributed by atoms with Crippen LogP contribution in [-0.4, -0.2) is 76.6 Å². The van der Waals surface area contributed by atoms with E-state index in [0.717, 1.165) is 37.8 Å². The number of thiazole rings is 1. The zero-order valence-electron chi connectivity index (χ0n) is 23.9. The summed E-state index contributed by atoms with van der Waals surface area (Å²) in [5.41, 5.74) is 1.85. The average molecular weight is 583 g/mol. The van der Waals surface area contributed by atoms with E-state index in [9.17, 15) is 19.2 Å². The quantitative estimate of drug-likeness (QED) is 0.512. The normalized spacial score (nSPS) is 25.4. The lowest BCUT2D eigenvalue weighted by Crippen LogP contribution is -2.64. The molecule has 3 atom stereocenters. The highest BCUT2D eigenvalue weighted by molar-refractivity contribution is 7.11. The smallest absolute Gasteiger partial charge is 0.265 e. The molecule has 2 saturated carbocycles. The Morgan fingerprint density at radius 1 is 1.07 bits per heavy atom. The van der Waals surface area contributed by atoms with Crippen molar-refractivity contribution in [2.75, 3.05) is 33.2 Å². The van der Waals surface area contributed by atoms with Crippen LogP contribution in [0.1, 0.15) is 85.6 Å². The molecule has 0 radical (unpaired) electrons. The fourth-order valence-corrected chi connectivity index (χ4v) is 7.49. The molecule has 4 aliphatic rings. The number of hydrogen-bond acceptors (Lipinski definition) is 8. The van der Waals surface area contributed by atoms with Crippen molar-refractivity contribution >= 4 is 35.0 Å². The van der Waals surface area contributed by atoms with Gasteiger partial charge in [0, 0.05) is 50.5 Å². The van der Waals surface area contributed by atoms with Crippen LogP contribution in [0.3, 0.4) is 0 Å². The number of carbonyl (C=O) groups is 4. The van der Waals surface area contributed by atoms with Gasteiger partial charge in [0.2, 0.25) is 17.7 Å². The zero-order valence-corrected chi connectivity index (χ0v) is 24.7. The second-order valence-corrected chi connectivity index (χ2v) is 13.8. The first-order chi connectivity index (χ1) is 19.6. The van der Waals surface area contributed by atoms with E-state index in [2.05, 4.69) is 34.4 Å². The Morgan fingerprint density at radius 2 is 1.78 bits per heavy atom. The molecule has 12 heteroatoms. The number of amides is 4. The van der Waals surface area contributed by atoms with Crippen LogP contribution in [0.5, 0.6) is 0 Å². The van der Waals surface area contributed by atoms with Crippen LogP contribution in [0.4, 0.5) is 0 Å². The Bertz CT molecular complexity index is 1330. The van der Waals surface area contributed by atoms with Crippen LogP contribution < -0.4 is 10.6 Å². The van der Waals surface area contributed by atoms with Gasteiger partial charge in [0.05, 0.1) is 23.3 Å². The van der Waals surface area contributed by atoms with Gasteiger partial charge in [-0.05, 0) is 24.7 Å². The molecule has 2 aliphatic carbocycles. The predicted molar refractivity (Wildman–Crippen MR) is 150 cm³/mol. The summed E-state index contributed by atoms with van der Waals surface area (Å²) in [6.45, 7) is 5.53. The number of nitrogens with one attached hydrogen (secondary N) is 2. The molecule has 0 bridgehead atoms. The predicted octanol–water partition coefficient (Wildman–Crippen LogP) is 2.73. The Hall–Kier alpha value is -3.28. The van der Waals surface area contributed by atoms with Gasteiger partial charge in [-0.15, -0.1) is 11.3 Å². The van der Waals surface area contributed by atoms with Crippen LogP contribution >= 0.6 is 11.3 Å². The molecule has 11 nitrogen and oxygen atoms in total. The average Bonchev–Trinajstić information content (AvgIpc) is 3.49. The molecule has 2 aromatic heterocycles. The number of rotatable bonds is 7. The second-order valence-electron chi connectivity index (χ2n) is 12.9. The minimum atomic E-state index is -1.10. The molecule has 4 fully saturated rings. The zero-order chi connectivity index (χ0) is 28.9. The summed E-state index contributed by atoms with van der Waals surface area (Å²) >= 11 is 1.26. The van der Waals surface area contributed by atoms with Crippen LogP contribution in [0.15, 0.2) is 22.4 Å². The van der Waals surface area contributed by atoms with Gasteiger partial charge < -0.3 is 24.9 Å². The summed E-state index contributed by atoms with van der Waals surface area (Å²) in [6.07, 6.45) is 9.56. The second kappa shape index (κ2) is 10.5. The van der Waals surface area contributed by atoms with E-state index >= 15 is 0 Å². The van der Waals surface area contributed by atoms with Crippen molar-refractivity contribution in [1.82, 2.24) is 30.4 Å². The van der Waals surface area contributed by atoms with Gasteiger partial charge in [-0.2, -0.15) is 0 Å². The third-order valence-corrected chi connectivity index (χ3v) is 10.4. The van der Waals surface area contributed by atoms with Crippen LogP contribution in [0.2, 0.25) is 0 Å². The number of oxazole rings is 1. The Balaban J connectivity index is 1.21. The Kier molecular flexibility index (Phi) is 7.15. The van der Waals surface area contributed by atoms with Crippen molar-refractivity contribution in [3.05, 3.63) is 34.4 Å². The van der Waals surface area contributed by atoms with Crippen LogP contribution in [0.25, 0.3) is 0 Å². The molecular formula is C29H38N6O5S. The molecule has 0 aromatic carbocycles. The van der Waals surface area contributed by atoms with Crippen molar-refractivity contribution in [3.63, 3.8) is 0 Å². The Morgan fingerprint density at radius 3 is 2.41 bits per heavy atom. The van der Waals surface area contributed by atoms with E-state index in [4.69, 9.17) is 4.42 Å². The number of likely N-dealkylation sites (tertiary alicyclic amines) is 2. The first kappa shape index (κ1) is 27.9. The number of hydrogen-bond donors (Lipinski definition) is 2. The summed E-state index contributed by atoms with van der Waals surface area (Å²) in [5.74, 6) is -0.991. The molecule has 2 aliphatic heterocycles. The largest absolute Gasteiger partial charge is 0.446 e. The number of carbonyl (C=O) groups excluding carboxylic acids is 4. The monoisotopic (exact) mass is 582 g/mol. The van der Waals surface area contributed by atoms with Crippen molar-refractivity contribution in [2.45, 2.75) is 64.3 Å². The molecular weight excluding hydrogens is 544 g/mol. The van der Waals surface area contributed by atoms with Gasteiger partial charge in [-0.3, -0.25) is 24.2 Å². The van der Waals surface area contributed by atoms with Crippen molar-refractivity contribution in [1.29, 1.82) is 0 Å². The highest BCUT2D eigenvalue weighted by Crippen LogP contribution is 2.54. The van der Waals surface area contributed by atoms with Gasteiger partial charge in [-0.25, -0.2) is 4.98 Å². The molecule has 6 rings (SSSR count). The van der Waals surface area contributed by atoms with Crippen molar-refractivity contribution < 1.29 is 23.6 Å². The maximum atomic E-state index is 13.9. The molecule has 2 saturated heterocycles. The summed E-state index contributed by atoms with van der Waals surface area (Å²) < 4.78 is 5.76. The molecule has 4 amide bonds. The molecule has 220 valence electrons. The van der Waals surface area contributed by atoms with Gasteiger partial charge in [0.1, 0.15) is 11.1 Å². The SMILES string of the molecule is CNC(=O)C(NC(=O)[C@@H]1CN(C(=O)c2cncs2)CC12CN(C(=O)[C@H]1CC1(C)C)C2)c1nc(C2CCCCC2)co1. The van der Waals surface area contributed by atoms with E-state index in [1.807, 2.05) is 4.90 Å². The summed E-state index contributed by atoms with van der Waals surface area (Å²) in [5, 5.41) is 5.51. The van der Waals surface area contributed by atoms with Gasteiger partial charge in [0.25, 0.3) is 11.8 Å². The molecule has 2 aromatic rings. The molecule has 4 heterocycles. The molecule has 2 N–H and O–H groups in total. The Labute approximate surface area is 243 Å². The number of aromatic nitrogens is 2. The lowest BCUT2D eigenvalue weighted by Gasteiger charge is -2.50. The lowest BCUT2D eigenvalue weighted by atomic mass is 9.70. The standard InChI is InChI=1S/C29H38N6O5S/c1-28(2)9-18(28)26(38)35-14-29(15-35)13-34(27(39)21-10-31-16-41-21)11-19(29)23(36)33-22(24(37)30-3)25-32-20(12-40-25)17-7-5-4-6-8-17/h10,12,16-19,22H,4-9,11,13-15H2,1-3H3,(H,30,37)(H,33,36)/t18-,19+,22?/m1/s1. The minimum Gasteiger partial charge on any atom is -0.446 e. The maximum Gasteiger partial charge on any atom is 0.265 e. The first-order valence-corrected chi connectivity index (χ1v) is 15.4.